The van der Waals surface area contributed by atoms with Crippen LogP contribution in [0.2, 0.25) is 0 Å². The Morgan fingerprint density at radius 3 is 2.52 bits per heavy atom. The highest BCUT2D eigenvalue weighted by Gasteiger charge is 2.15. The molecule has 0 spiro atoms. The van der Waals surface area contributed by atoms with Gasteiger partial charge >= 0.3 is 0 Å². The van der Waals surface area contributed by atoms with E-state index in [1.165, 1.54) is 32.4 Å². The summed E-state index contributed by atoms with van der Waals surface area (Å²) in [6.07, 6.45) is 3.98. The van der Waals surface area contributed by atoms with Crippen molar-refractivity contribution in [1.29, 1.82) is 0 Å². The van der Waals surface area contributed by atoms with Crippen molar-refractivity contribution in [2.45, 2.75) is 42.7 Å². The van der Waals surface area contributed by atoms with Gasteiger partial charge in [-0.05, 0) is 64.3 Å². The molecule has 138 valence electrons. The molecule has 1 aliphatic heterocycles. The lowest BCUT2D eigenvalue weighted by molar-refractivity contribution is 0.204. The van der Waals surface area contributed by atoms with Gasteiger partial charge in [-0.25, -0.2) is 0 Å². The van der Waals surface area contributed by atoms with Crippen LogP contribution in [-0.4, -0.2) is 37.0 Å². The van der Waals surface area contributed by atoms with Crippen molar-refractivity contribution in [2.75, 3.05) is 27.2 Å². The van der Waals surface area contributed by atoms with Crippen molar-refractivity contribution >= 4 is 24.4 Å². The van der Waals surface area contributed by atoms with Crippen LogP contribution in [0.5, 0.6) is 0 Å². The van der Waals surface area contributed by atoms with Crippen LogP contribution < -0.4 is 0 Å². The second kappa shape index (κ2) is 9.21. The fourth-order valence-electron chi connectivity index (χ4n) is 3.09. The number of rotatable bonds is 8. The summed E-state index contributed by atoms with van der Waals surface area (Å²) in [6.45, 7) is 4.12. The normalized spacial score (nSPS) is 17.3. The third-order valence-electron chi connectivity index (χ3n) is 4.33. The van der Waals surface area contributed by atoms with E-state index in [0.29, 0.717) is 0 Å². The second-order valence-electron chi connectivity index (χ2n) is 6.91. The molecule has 2 aromatic heterocycles. The fourth-order valence-corrected chi connectivity index (χ4v) is 4.22. The van der Waals surface area contributed by atoms with Gasteiger partial charge < -0.3 is 13.7 Å². The maximum absolute atomic E-state index is 6.00. The Morgan fingerprint density at radius 1 is 1.04 bits per heavy atom. The van der Waals surface area contributed by atoms with Crippen molar-refractivity contribution < 1.29 is 8.83 Å². The smallest absolute Gasteiger partial charge is 0.126 e. The number of likely N-dealkylation sites (tertiary alicyclic amines) is 1. The molecule has 0 saturated carbocycles. The third-order valence-corrected chi connectivity index (χ3v) is 6.03. The van der Waals surface area contributed by atoms with Crippen LogP contribution in [0.15, 0.2) is 33.1 Å². The molecular weight excluding hydrogens is 352 g/mol. The van der Waals surface area contributed by atoms with E-state index in [4.69, 9.17) is 8.83 Å². The summed E-state index contributed by atoms with van der Waals surface area (Å²) in [5, 5.41) is 0. The van der Waals surface area contributed by atoms with E-state index >= 15 is 0 Å². The molecule has 1 atom stereocenters. The predicted molar refractivity (Wildman–Crippen MR) is 107 cm³/mol. The first kappa shape index (κ1) is 19.0. The summed E-state index contributed by atoms with van der Waals surface area (Å²) in [4.78, 5) is 4.58. The molecule has 1 aliphatic rings. The Morgan fingerprint density at radius 2 is 1.76 bits per heavy atom. The molecule has 0 N–H and O–H groups in total. The first-order chi connectivity index (χ1) is 12.1. The molecule has 1 unspecified atom stereocenters. The SMILES string of the molecule is CN(C)Cc1ccc(C(S)SCc2ccc(CN3CCCCC3)o2)o1. The number of nitrogens with zero attached hydrogens (tertiary/aromatic N) is 2. The topological polar surface area (TPSA) is 32.8 Å². The van der Waals surface area contributed by atoms with Crippen LogP contribution in [0, 0.1) is 0 Å². The molecule has 1 fully saturated rings. The standard InChI is InChI=1S/C19H28N2O2S2/c1-20(2)12-15-8-9-18(23-15)19(24)25-14-17-7-6-16(22-17)13-21-10-4-3-5-11-21/h6-9,19,24H,3-5,10-14H2,1-2H3. The highest BCUT2D eigenvalue weighted by molar-refractivity contribution is 8.09. The van der Waals surface area contributed by atoms with Gasteiger partial charge in [0.15, 0.2) is 0 Å². The Kier molecular flexibility index (Phi) is 6.99. The Hall–Kier alpha value is -0.820. The summed E-state index contributed by atoms with van der Waals surface area (Å²) in [6, 6.07) is 8.25. The number of thioether (sulfide) groups is 1. The van der Waals surface area contributed by atoms with Crippen molar-refractivity contribution in [2.24, 2.45) is 0 Å². The van der Waals surface area contributed by atoms with Crippen molar-refractivity contribution in [3.05, 3.63) is 47.3 Å². The van der Waals surface area contributed by atoms with Crippen LogP contribution in [0.4, 0.5) is 0 Å². The average Bonchev–Trinajstić information content (AvgIpc) is 3.23. The molecule has 3 rings (SSSR count). The first-order valence-electron chi connectivity index (χ1n) is 8.93. The monoisotopic (exact) mass is 380 g/mol. The number of piperidine rings is 1. The lowest BCUT2D eigenvalue weighted by Gasteiger charge is -2.25. The van der Waals surface area contributed by atoms with E-state index in [2.05, 4.69) is 34.6 Å². The maximum Gasteiger partial charge on any atom is 0.126 e. The molecular formula is C19H28N2O2S2. The quantitative estimate of drug-likeness (QED) is 0.526. The number of hydrogen-bond donors (Lipinski definition) is 1. The van der Waals surface area contributed by atoms with Crippen LogP contribution in [0.25, 0.3) is 0 Å². The largest absolute Gasteiger partial charge is 0.464 e. The molecule has 0 aliphatic carbocycles. The van der Waals surface area contributed by atoms with E-state index in [-0.39, 0.29) is 4.58 Å². The summed E-state index contributed by atoms with van der Waals surface area (Å²) in [5.41, 5.74) is 0. The number of hydrogen-bond acceptors (Lipinski definition) is 6. The van der Waals surface area contributed by atoms with E-state index < -0.39 is 0 Å². The molecule has 3 heterocycles. The van der Waals surface area contributed by atoms with Gasteiger partial charge in [-0.2, -0.15) is 12.6 Å². The molecule has 25 heavy (non-hydrogen) atoms. The van der Waals surface area contributed by atoms with Gasteiger partial charge in [0, 0.05) is 0 Å². The number of furan rings is 2. The van der Waals surface area contributed by atoms with Crippen molar-refractivity contribution in [1.82, 2.24) is 9.80 Å². The summed E-state index contributed by atoms with van der Waals surface area (Å²) in [7, 11) is 4.07. The van der Waals surface area contributed by atoms with Gasteiger partial charge in [0.25, 0.3) is 0 Å². The lowest BCUT2D eigenvalue weighted by Crippen LogP contribution is -2.28. The molecule has 1 saturated heterocycles. The van der Waals surface area contributed by atoms with E-state index in [0.717, 1.165) is 41.9 Å². The van der Waals surface area contributed by atoms with Crippen LogP contribution >= 0.6 is 24.4 Å². The zero-order valence-electron chi connectivity index (χ0n) is 15.1. The lowest BCUT2D eigenvalue weighted by atomic mass is 10.1. The zero-order chi connectivity index (χ0) is 17.6. The highest BCUT2D eigenvalue weighted by Crippen LogP contribution is 2.36. The fraction of sp³-hybridized carbons (Fsp3) is 0.579. The molecule has 2 aromatic rings. The number of thiol groups is 1. The van der Waals surface area contributed by atoms with Crippen molar-refractivity contribution in [3.8, 4) is 0 Å². The molecule has 0 radical (unpaired) electrons. The minimum absolute atomic E-state index is 0.0200. The second-order valence-corrected chi connectivity index (χ2v) is 8.87. The summed E-state index contributed by atoms with van der Waals surface area (Å²) in [5.74, 6) is 4.76. The third kappa shape index (κ3) is 5.84. The zero-order valence-corrected chi connectivity index (χ0v) is 16.8. The van der Waals surface area contributed by atoms with E-state index in [1.807, 2.05) is 26.2 Å². The molecule has 6 heteroatoms. The van der Waals surface area contributed by atoms with Crippen molar-refractivity contribution in [3.63, 3.8) is 0 Å². The molecule has 4 nitrogen and oxygen atoms in total. The van der Waals surface area contributed by atoms with Gasteiger partial charge in [-0.3, -0.25) is 4.90 Å². The van der Waals surface area contributed by atoms with Gasteiger partial charge in [0.2, 0.25) is 0 Å². The van der Waals surface area contributed by atoms with Gasteiger partial charge in [-0.1, -0.05) is 6.42 Å². The van der Waals surface area contributed by atoms with Gasteiger partial charge in [0.1, 0.15) is 27.6 Å². The summed E-state index contributed by atoms with van der Waals surface area (Å²) >= 11 is 6.40. The summed E-state index contributed by atoms with van der Waals surface area (Å²) < 4.78 is 11.9. The Balaban J connectivity index is 1.47. The highest BCUT2D eigenvalue weighted by atomic mass is 32.2. The predicted octanol–water partition coefficient (Wildman–Crippen LogP) is 4.78. The van der Waals surface area contributed by atoms with E-state index in [9.17, 15) is 0 Å². The maximum atomic E-state index is 6.00. The Bertz CT molecular complexity index is 647. The van der Waals surface area contributed by atoms with Gasteiger partial charge in [0.05, 0.1) is 18.8 Å². The van der Waals surface area contributed by atoms with E-state index in [1.54, 1.807) is 11.8 Å². The Labute approximate surface area is 160 Å². The van der Waals surface area contributed by atoms with Crippen LogP contribution in [0.1, 0.15) is 46.9 Å². The minimum Gasteiger partial charge on any atom is -0.464 e. The minimum atomic E-state index is 0.0200. The molecule has 0 aromatic carbocycles. The molecule has 0 bridgehead atoms. The first-order valence-corrected chi connectivity index (χ1v) is 10.5. The van der Waals surface area contributed by atoms with Crippen LogP contribution in [-0.2, 0) is 18.8 Å². The molecule has 0 amide bonds. The van der Waals surface area contributed by atoms with Crippen LogP contribution in [0.3, 0.4) is 0 Å². The van der Waals surface area contributed by atoms with Gasteiger partial charge in [-0.15, -0.1) is 11.8 Å². The average molecular weight is 381 g/mol.